The Morgan fingerprint density at radius 1 is 1.29 bits per heavy atom. The second-order valence-corrected chi connectivity index (χ2v) is 3.98. The molecule has 0 N–H and O–H groups in total. The lowest BCUT2D eigenvalue weighted by atomic mass is 10.1. The van der Waals surface area contributed by atoms with Gasteiger partial charge >= 0.3 is 5.97 Å². The Balaban J connectivity index is 2.14. The van der Waals surface area contributed by atoms with Crippen LogP contribution in [0.3, 0.4) is 0 Å². The average molecular weight is 236 g/mol. The van der Waals surface area contributed by atoms with Gasteiger partial charge in [-0.25, -0.2) is 0 Å². The summed E-state index contributed by atoms with van der Waals surface area (Å²) in [6.07, 6.45) is 0.700. The summed E-state index contributed by atoms with van der Waals surface area (Å²) < 4.78 is 10.4. The summed E-state index contributed by atoms with van der Waals surface area (Å²) >= 11 is 0. The van der Waals surface area contributed by atoms with Crippen LogP contribution in [0.5, 0.6) is 0 Å². The number of hydrogen-bond acceptors (Lipinski definition) is 3. The Kier molecular flexibility index (Phi) is 6.33. The van der Waals surface area contributed by atoms with Gasteiger partial charge in [-0.3, -0.25) is 4.79 Å². The monoisotopic (exact) mass is 236 g/mol. The molecule has 0 fully saturated rings. The van der Waals surface area contributed by atoms with E-state index in [1.165, 1.54) is 0 Å². The first kappa shape index (κ1) is 13.7. The first-order chi connectivity index (χ1) is 8.24. The molecule has 0 aliphatic carbocycles. The van der Waals surface area contributed by atoms with Crippen LogP contribution in [0, 0.1) is 5.92 Å². The molecule has 0 unspecified atom stereocenters. The van der Waals surface area contributed by atoms with E-state index in [1.807, 2.05) is 44.2 Å². The van der Waals surface area contributed by atoms with Crippen molar-refractivity contribution < 1.29 is 14.3 Å². The number of rotatable bonds is 7. The summed E-state index contributed by atoms with van der Waals surface area (Å²) in [6, 6.07) is 10.00. The van der Waals surface area contributed by atoms with Crippen molar-refractivity contribution in [1.82, 2.24) is 0 Å². The van der Waals surface area contributed by atoms with E-state index in [4.69, 9.17) is 9.47 Å². The molecule has 17 heavy (non-hydrogen) atoms. The maximum absolute atomic E-state index is 11.3. The largest absolute Gasteiger partial charge is 0.466 e. The zero-order valence-corrected chi connectivity index (χ0v) is 10.5. The quantitative estimate of drug-likeness (QED) is 0.539. The summed E-state index contributed by atoms with van der Waals surface area (Å²) in [6.45, 7) is 5.29. The fraction of sp³-hybridized carbons (Fsp3) is 0.500. The van der Waals surface area contributed by atoms with Crippen LogP contribution in [-0.2, 0) is 20.9 Å². The fourth-order valence-electron chi connectivity index (χ4n) is 1.43. The molecule has 0 amide bonds. The predicted molar refractivity (Wildman–Crippen MR) is 66.5 cm³/mol. The van der Waals surface area contributed by atoms with Gasteiger partial charge in [0.1, 0.15) is 0 Å². The van der Waals surface area contributed by atoms with Crippen molar-refractivity contribution in [3.05, 3.63) is 35.9 Å². The minimum atomic E-state index is -0.143. The third kappa shape index (κ3) is 5.50. The van der Waals surface area contributed by atoms with E-state index in [1.54, 1.807) is 0 Å². The van der Waals surface area contributed by atoms with Crippen molar-refractivity contribution >= 4 is 5.97 Å². The highest BCUT2D eigenvalue weighted by Gasteiger charge is 2.13. The molecule has 94 valence electrons. The van der Waals surface area contributed by atoms with Crippen molar-refractivity contribution in [2.75, 3.05) is 13.2 Å². The van der Waals surface area contributed by atoms with Gasteiger partial charge in [-0.2, -0.15) is 0 Å². The van der Waals surface area contributed by atoms with E-state index in [9.17, 15) is 4.79 Å². The minimum Gasteiger partial charge on any atom is -0.466 e. The van der Waals surface area contributed by atoms with Crippen LogP contribution in [-0.4, -0.2) is 19.2 Å². The Morgan fingerprint density at radius 2 is 2.00 bits per heavy atom. The highest BCUT2D eigenvalue weighted by atomic mass is 16.5. The molecule has 0 spiro atoms. The smallest absolute Gasteiger partial charge is 0.308 e. The summed E-state index contributed by atoms with van der Waals surface area (Å²) in [7, 11) is 0. The van der Waals surface area contributed by atoms with E-state index >= 15 is 0 Å². The Hall–Kier alpha value is -1.35. The summed E-state index contributed by atoms with van der Waals surface area (Å²) in [5, 5.41) is 0. The van der Waals surface area contributed by atoms with Crippen LogP contribution >= 0.6 is 0 Å². The number of hydrogen-bond donors (Lipinski definition) is 0. The van der Waals surface area contributed by atoms with Gasteiger partial charge in [0.25, 0.3) is 0 Å². The van der Waals surface area contributed by atoms with Crippen molar-refractivity contribution in [2.45, 2.75) is 26.9 Å². The van der Waals surface area contributed by atoms with E-state index in [0.717, 1.165) is 5.56 Å². The van der Waals surface area contributed by atoms with Crippen LogP contribution in [0.15, 0.2) is 30.3 Å². The molecule has 1 atom stereocenters. The van der Waals surface area contributed by atoms with Crippen LogP contribution in [0.25, 0.3) is 0 Å². The zero-order chi connectivity index (χ0) is 12.5. The predicted octanol–water partition coefficient (Wildman–Crippen LogP) is 2.79. The van der Waals surface area contributed by atoms with Crippen LogP contribution in [0.1, 0.15) is 25.8 Å². The zero-order valence-electron chi connectivity index (χ0n) is 10.5. The third-order valence-corrected chi connectivity index (χ3v) is 2.50. The molecular weight excluding hydrogens is 216 g/mol. The van der Waals surface area contributed by atoms with E-state index in [0.29, 0.717) is 26.2 Å². The van der Waals surface area contributed by atoms with Crippen molar-refractivity contribution in [3.63, 3.8) is 0 Å². The standard InChI is InChI=1S/C14H20O3/c1-3-17-14(15)12(2)9-10-16-11-13-7-5-4-6-8-13/h4-8,12H,3,9-11H2,1-2H3/t12-/m1/s1. The molecule has 0 aliphatic heterocycles. The van der Waals surface area contributed by atoms with Crippen molar-refractivity contribution in [3.8, 4) is 0 Å². The molecule has 0 saturated heterocycles. The summed E-state index contributed by atoms with van der Waals surface area (Å²) in [4.78, 5) is 11.3. The normalized spacial score (nSPS) is 12.1. The highest BCUT2D eigenvalue weighted by molar-refractivity contribution is 5.71. The van der Waals surface area contributed by atoms with Crippen LogP contribution in [0.4, 0.5) is 0 Å². The van der Waals surface area contributed by atoms with Gasteiger partial charge in [0.05, 0.1) is 19.1 Å². The maximum Gasteiger partial charge on any atom is 0.308 e. The Labute approximate surface area is 103 Å². The number of benzene rings is 1. The SMILES string of the molecule is CCOC(=O)[C@H](C)CCOCc1ccccc1. The Morgan fingerprint density at radius 3 is 2.65 bits per heavy atom. The molecule has 3 heteroatoms. The van der Waals surface area contributed by atoms with Crippen LogP contribution in [0.2, 0.25) is 0 Å². The van der Waals surface area contributed by atoms with Gasteiger partial charge in [0.15, 0.2) is 0 Å². The molecule has 0 saturated carbocycles. The molecule has 0 radical (unpaired) electrons. The first-order valence-corrected chi connectivity index (χ1v) is 6.02. The first-order valence-electron chi connectivity index (χ1n) is 6.02. The Bertz CT molecular complexity index is 321. The highest BCUT2D eigenvalue weighted by Crippen LogP contribution is 2.06. The minimum absolute atomic E-state index is 0.0919. The molecule has 1 aromatic rings. The van der Waals surface area contributed by atoms with Crippen LogP contribution < -0.4 is 0 Å². The summed E-state index contributed by atoms with van der Waals surface area (Å²) in [5.74, 6) is -0.235. The molecule has 1 rings (SSSR count). The molecular formula is C14H20O3. The van der Waals surface area contributed by atoms with Gasteiger partial charge < -0.3 is 9.47 Å². The molecule has 1 aromatic carbocycles. The van der Waals surface area contributed by atoms with Gasteiger partial charge in [-0.05, 0) is 18.9 Å². The van der Waals surface area contributed by atoms with Gasteiger partial charge in [-0.15, -0.1) is 0 Å². The molecule has 0 aromatic heterocycles. The lowest BCUT2D eigenvalue weighted by molar-refractivity contribution is -0.148. The number of carbonyl (C=O) groups is 1. The van der Waals surface area contributed by atoms with Gasteiger partial charge in [-0.1, -0.05) is 37.3 Å². The maximum atomic E-state index is 11.3. The van der Waals surface area contributed by atoms with Crippen molar-refractivity contribution in [1.29, 1.82) is 0 Å². The van der Waals surface area contributed by atoms with Crippen molar-refractivity contribution in [2.24, 2.45) is 5.92 Å². The molecule has 0 aliphatic rings. The topological polar surface area (TPSA) is 35.5 Å². The van der Waals surface area contributed by atoms with Gasteiger partial charge in [0, 0.05) is 6.61 Å². The van der Waals surface area contributed by atoms with E-state index in [-0.39, 0.29) is 11.9 Å². The number of esters is 1. The lowest BCUT2D eigenvalue weighted by Gasteiger charge is -2.10. The van der Waals surface area contributed by atoms with E-state index < -0.39 is 0 Å². The lowest BCUT2D eigenvalue weighted by Crippen LogP contribution is -2.16. The second-order valence-electron chi connectivity index (χ2n) is 3.98. The second kappa shape index (κ2) is 7.85. The summed E-state index contributed by atoms with van der Waals surface area (Å²) in [5.41, 5.74) is 1.15. The third-order valence-electron chi connectivity index (χ3n) is 2.50. The number of ether oxygens (including phenoxy) is 2. The molecule has 0 heterocycles. The fourth-order valence-corrected chi connectivity index (χ4v) is 1.43. The molecule has 0 bridgehead atoms. The van der Waals surface area contributed by atoms with Gasteiger partial charge in [0.2, 0.25) is 0 Å². The molecule has 3 nitrogen and oxygen atoms in total. The van der Waals surface area contributed by atoms with E-state index in [2.05, 4.69) is 0 Å². The average Bonchev–Trinajstić information content (AvgIpc) is 2.36. The number of carbonyl (C=O) groups excluding carboxylic acids is 1.